The fourth-order valence-corrected chi connectivity index (χ4v) is 0.167. The number of hydrogen-bond acceptors (Lipinski definition) is 3. The lowest BCUT2D eigenvalue weighted by atomic mass is 10.8. The zero-order chi connectivity index (χ0) is 7.54. The molecule has 0 aliphatic heterocycles. The van der Waals surface area contributed by atoms with Gasteiger partial charge in [0, 0.05) is 28.4 Å². The highest BCUT2D eigenvalue weighted by Crippen LogP contribution is 1.65. The summed E-state index contributed by atoms with van der Waals surface area (Å²) in [6.45, 7) is 1.38. The maximum atomic E-state index is 4.66. The second kappa shape index (κ2) is 32.7. The molecule has 0 spiro atoms. The van der Waals surface area contributed by atoms with Gasteiger partial charge in [-0.1, -0.05) is 14.9 Å². The van der Waals surface area contributed by atoms with Crippen LogP contribution in [-0.4, -0.2) is 41.7 Å². The summed E-state index contributed by atoms with van der Waals surface area (Å²) in [6.07, 6.45) is 0. The molecule has 3 heteroatoms. The van der Waals surface area contributed by atoms with Gasteiger partial charge in [0.15, 0.2) is 0 Å². The van der Waals surface area contributed by atoms with Crippen LogP contribution < -0.4 is 0 Å². The highest BCUT2D eigenvalue weighted by atomic mass is 16.5. The Morgan fingerprint density at radius 1 is 0.727 bits per heavy atom. The van der Waals surface area contributed by atoms with E-state index in [4.69, 9.17) is 0 Å². The quantitative estimate of drug-likeness (QED) is 0.602. The van der Waals surface area contributed by atoms with Crippen LogP contribution in [0.1, 0.15) is 14.9 Å². The molecule has 3 nitrogen and oxygen atoms in total. The van der Waals surface area contributed by atoms with Crippen molar-refractivity contribution in [3.8, 4) is 0 Å². The van der Waals surface area contributed by atoms with Crippen LogP contribution in [0.4, 0.5) is 0 Å². The van der Waals surface area contributed by atoms with E-state index in [1.165, 1.54) is 0 Å². The second-order valence-corrected chi connectivity index (χ2v) is 1.39. The van der Waals surface area contributed by atoms with Gasteiger partial charge in [0.1, 0.15) is 0 Å². The average Bonchev–Trinajstić information content (AvgIpc) is 1.86. The van der Waals surface area contributed by atoms with Gasteiger partial charge >= 0.3 is 0 Å². The molecule has 0 rings (SSSR count). The summed E-state index contributed by atoms with van der Waals surface area (Å²) >= 11 is 0. The normalized spacial score (nSPS) is 6.55. The SMILES string of the molecule is C.C.COC.COCCOC. The Bertz CT molecular complexity index is 28.5. The van der Waals surface area contributed by atoms with Crippen molar-refractivity contribution in [2.45, 2.75) is 14.9 Å². The van der Waals surface area contributed by atoms with E-state index < -0.39 is 0 Å². The Morgan fingerprint density at radius 3 is 1.00 bits per heavy atom. The monoisotopic (exact) mass is 168 g/mol. The zero-order valence-corrected chi connectivity index (χ0v) is 6.64. The molecular formula is C8H24O3. The van der Waals surface area contributed by atoms with Crippen LogP contribution in [0.2, 0.25) is 0 Å². The van der Waals surface area contributed by atoms with Crippen molar-refractivity contribution < 1.29 is 14.2 Å². The van der Waals surface area contributed by atoms with Crippen molar-refractivity contribution in [1.82, 2.24) is 0 Å². The first kappa shape index (κ1) is 22.4. The minimum atomic E-state index is 0. The van der Waals surface area contributed by atoms with E-state index in [-0.39, 0.29) is 14.9 Å². The van der Waals surface area contributed by atoms with Gasteiger partial charge in [0.05, 0.1) is 13.2 Å². The van der Waals surface area contributed by atoms with Gasteiger partial charge in [-0.15, -0.1) is 0 Å². The summed E-state index contributed by atoms with van der Waals surface area (Å²) in [5.41, 5.74) is 0. The maximum absolute atomic E-state index is 4.66. The van der Waals surface area contributed by atoms with Crippen molar-refractivity contribution in [3.05, 3.63) is 0 Å². The molecule has 0 atom stereocenters. The number of hydrogen-bond donors (Lipinski definition) is 0. The molecule has 0 radical (unpaired) electrons. The van der Waals surface area contributed by atoms with E-state index in [0.29, 0.717) is 13.2 Å². The molecule has 0 aromatic carbocycles. The summed E-state index contributed by atoms with van der Waals surface area (Å²) in [6, 6.07) is 0. The summed E-state index contributed by atoms with van der Waals surface area (Å²) in [4.78, 5) is 0. The third-order valence-corrected chi connectivity index (χ3v) is 0.492. The van der Waals surface area contributed by atoms with Gasteiger partial charge < -0.3 is 14.2 Å². The van der Waals surface area contributed by atoms with Crippen LogP contribution in [0.5, 0.6) is 0 Å². The molecular weight excluding hydrogens is 144 g/mol. The van der Waals surface area contributed by atoms with Crippen molar-refractivity contribution in [1.29, 1.82) is 0 Å². The predicted octanol–water partition coefficient (Wildman–Crippen LogP) is 1.81. The van der Waals surface area contributed by atoms with Gasteiger partial charge in [-0.3, -0.25) is 0 Å². The highest BCUT2D eigenvalue weighted by Gasteiger charge is 1.73. The van der Waals surface area contributed by atoms with E-state index in [0.717, 1.165) is 0 Å². The summed E-state index contributed by atoms with van der Waals surface area (Å²) < 4.78 is 13.6. The van der Waals surface area contributed by atoms with Crippen molar-refractivity contribution >= 4 is 0 Å². The van der Waals surface area contributed by atoms with Crippen LogP contribution in [-0.2, 0) is 14.2 Å². The van der Waals surface area contributed by atoms with E-state index in [2.05, 4.69) is 14.2 Å². The van der Waals surface area contributed by atoms with Gasteiger partial charge in [0.2, 0.25) is 0 Å². The van der Waals surface area contributed by atoms with Crippen molar-refractivity contribution in [2.75, 3.05) is 41.7 Å². The Hall–Kier alpha value is -0.120. The van der Waals surface area contributed by atoms with Crippen molar-refractivity contribution in [3.63, 3.8) is 0 Å². The third-order valence-electron chi connectivity index (χ3n) is 0.492. The molecule has 74 valence electrons. The Morgan fingerprint density at radius 2 is 0.909 bits per heavy atom. The van der Waals surface area contributed by atoms with E-state index in [9.17, 15) is 0 Å². The van der Waals surface area contributed by atoms with Gasteiger partial charge in [-0.2, -0.15) is 0 Å². The van der Waals surface area contributed by atoms with Gasteiger partial charge in [0.25, 0.3) is 0 Å². The molecule has 0 aliphatic rings. The lowest BCUT2D eigenvalue weighted by Crippen LogP contribution is -1.96. The van der Waals surface area contributed by atoms with Crippen LogP contribution >= 0.6 is 0 Å². The minimum Gasteiger partial charge on any atom is -0.388 e. The molecule has 0 aromatic heterocycles. The van der Waals surface area contributed by atoms with Crippen LogP contribution in [0.15, 0.2) is 0 Å². The van der Waals surface area contributed by atoms with Gasteiger partial charge in [-0.05, 0) is 0 Å². The Balaban J connectivity index is -0.0000000437. The van der Waals surface area contributed by atoms with E-state index in [1.54, 1.807) is 28.4 Å². The summed E-state index contributed by atoms with van der Waals surface area (Å²) in [7, 11) is 6.55. The largest absolute Gasteiger partial charge is 0.388 e. The maximum Gasteiger partial charge on any atom is 0.0696 e. The molecule has 0 saturated carbocycles. The molecule has 0 saturated heterocycles. The van der Waals surface area contributed by atoms with E-state index >= 15 is 0 Å². The molecule has 0 fully saturated rings. The van der Waals surface area contributed by atoms with Crippen LogP contribution in [0.25, 0.3) is 0 Å². The van der Waals surface area contributed by atoms with Crippen molar-refractivity contribution in [2.24, 2.45) is 0 Å². The number of ether oxygens (including phenoxy) is 3. The minimum absolute atomic E-state index is 0. The van der Waals surface area contributed by atoms with Crippen LogP contribution in [0.3, 0.4) is 0 Å². The standard InChI is InChI=1S/C4H10O2.C2H6O.2CH4/c1-5-3-4-6-2;1-3-2;;/h3-4H2,1-2H3;1-2H3;2*1H4. The number of rotatable bonds is 3. The first-order valence-electron chi connectivity index (χ1n) is 2.71. The zero-order valence-electron chi connectivity index (χ0n) is 6.64. The fraction of sp³-hybridized carbons (Fsp3) is 1.00. The summed E-state index contributed by atoms with van der Waals surface area (Å²) in [5.74, 6) is 0. The highest BCUT2D eigenvalue weighted by molar-refractivity contribution is 4.17. The molecule has 0 unspecified atom stereocenters. The van der Waals surface area contributed by atoms with E-state index in [1.807, 2.05) is 0 Å². The topological polar surface area (TPSA) is 27.7 Å². The third kappa shape index (κ3) is 74.0. The van der Waals surface area contributed by atoms with Crippen LogP contribution in [0, 0.1) is 0 Å². The van der Waals surface area contributed by atoms with Gasteiger partial charge in [-0.25, -0.2) is 0 Å². The molecule has 0 N–H and O–H groups in total. The average molecular weight is 168 g/mol. The summed E-state index contributed by atoms with van der Waals surface area (Å²) in [5, 5.41) is 0. The lowest BCUT2D eigenvalue weighted by molar-refractivity contribution is 0.103. The molecule has 0 bridgehead atoms. The first-order valence-corrected chi connectivity index (χ1v) is 2.71. The fourth-order valence-electron chi connectivity index (χ4n) is 0.167. The molecule has 11 heavy (non-hydrogen) atoms. The Labute approximate surface area is 71.7 Å². The Kier molecular flexibility index (Phi) is 66.7. The molecule has 0 heterocycles. The molecule has 0 aliphatic carbocycles. The first-order chi connectivity index (χ1) is 4.33. The lowest BCUT2D eigenvalue weighted by Gasteiger charge is -1.91. The molecule has 0 aromatic rings. The second-order valence-electron chi connectivity index (χ2n) is 1.39. The smallest absolute Gasteiger partial charge is 0.0696 e. The number of methoxy groups -OCH3 is 3. The predicted molar refractivity (Wildman–Crippen MR) is 50.1 cm³/mol. The molecule has 0 amide bonds.